The lowest BCUT2D eigenvalue weighted by Crippen LogP contribution is -2.36. The van der Waals surface area contributed by atoms with Crippen molar-refractivity contribution in [2.75, 3.05) is 7.05 Å². The molecule has 0 spiro atoms. The van der Waals surface area contributed by atoms with Gasteiger partial charge in [-0.05, 0) is 44.2 Å². The van der Waals surface area contributed by atoms with Crippen molar-refractivity contribution in [2.45, 2.75) is 52.1 Å². The summed E-state index contributed by atoms with van der Waals surface area (Å²) >= 11 is 4.88. The third-order valence-corrected chi connectivity index (χ3v) is 4.93. The molecule has 0 aliphatic heterocycles. The Hall–Kier alpha value is -1.00. The average Bonchev–Trinajstić information content (AvgIpc) is 2.40. The molecule has 2 nitrogen and oxygen atoms in total. The van der Waals surface area contributed by atoms with Gasteiger partial charge in [0.05, 0.1) is 0 Å². The first kappa shape index (κ1) is 16.4. The maximum atomic E-state index is 14.1. The molecule has 0 amide bonds. The quantitative estimate of drug-likeness (QED) is 0.856. The molecule has 4 heteroatoms. The number of thiocarbonyl (C=S) groups is 1. The highest BCUT2D eigenvalue weighted by atomic mass is 32.1. The van der Waals surface area contributed by atoms with Gasteiger partial charge in [0.1, 0.15) is 10.8 Å². The van der Waals surface area contributed by atoms with E-state index in [9.17, 15) is 4.39 Å². The Morgan fingerprint density at radius 1 is 1.38 bits per heavy atom. The van der Waals surface area contributed by atoms with Crippen molar-refractivity contribution in [1.82, 2.24) is 4.90 Å². The van der Waals surface area contributed by atoms with Crippen molar-refractivity contribution >= 4 is 17.2 Å². The highest BCUT2D eigenvalue weighted by Gasteiger charge is 2.28. The Balaban J connectivity index is 2.00. The zero-order valence-electron chi connectivity index (χ0n) is 13.2. The van der Waals surface area contributed by atoms with E-state index in [0.717, 1.165) is 0 Å². The lowest BCUT2D eigenvalue weighted by Gasteiger charge is -2.38. The van der Waals surface area contributed by atoms with Crippen molar-refractivity contribution in [3.63, 3.8) is 0 Å². The molecule has 0 saturated heterocycles. The zero-order chi connectivity index (χ0) is 15.6. The van der Waals surface area contributed by atoms with Gasteiger partial charge in [0.25, 0.3) is 0 Å². The number of benzene rings is 1. The predicted octanol–water partition coefficient (Wildman–Crippen LogP) is 3.86. The summed E-state index contributed by atoms with van der Waals surface area (Å²) in [6, 6.07) is 5.59. The van der Waals surface area contributed by atoms with Crippen LogP contribution < -0.4 is 5.73 Å². The van der Waals surface area contributed by atoms with Gasteiger partial charge < -0.3 is 5.73 Å². The van der Waals surface area contributed by atoms with E-state index in [2.05, 4.69) is 25.8 Å². The first-order valence-corrected chi connectivity index (χ1v) is 7.98. The molecule has 1 aromatic carbocycles. The Morgan fingerprint density at radius 2 is 2.00 bits per heavy atom. The molecule has 21 heavy (non-hydrogen) atoms. The summed E-state index contributed by atoms with van der Waals surface area (Å²) in [4.78, 5) is 2.51. The van der Waals surface area contributed by atoms with Crippen LogP contribution in [0.4, 0.5) is 4.39 Å². The largest absolute Gasteiger partial charge is 0.389 e. The Kier molecular flexibility index (Phi) is 4.99. The van der Waals surface area contributed by atoms with Crippen LogP contribution in [0.1, 0.15) is 50.7 Å². The van der Waals surface area contributed by atoms with Crippen LogP contribution in [-0.2, 0) is 6.54 Å². The van der Waals surface area contributed by atoms with E-state index in [1.165, 1.54) is 31.7 Å². The first-order chi connectivity index (χ1) is 9.78. The van der Waals surface area contributed by atoms with Crippen LogP contribution in [-0.4, -0.2) is 23.0 Å². The number of nitrogens with two attached hydrogens (primary N) is 1. The normalized spacial score (nSPS) is 18.9. The molecule has 0 unspecified atom stereocenters. The van der Waals surface area contributed by atoms with Crippen LogP contribution in [0.5, 0.6) is 0 Å². The fourth-order valence-corrected chi connectivity index (χ4v) is 3.18. The number of rotatable bonds is 4. The Morgan fingerprint density at radius 3 is 2.52 bits per heavy atom. The van der Waals surface area contributed by atoms with Crippen molar-refractivity contribution < 1.29 is 4.39 Å². The SMILES string of the molecule is CN(Cc1ccc(C(N)=S)cc1F)C1CCC(C)(C)CC1. The highest BCUT2D eigenvalue weighted by Crippen LogP contribution is 2.36. The van der Waals surface area contributed by atoms with E-state index in [1.807, 2.05) is 0 Å². The fraction of sp³-hybridized carbons (Fsp3) is 0.588. The van der Waals surface area contributed by atoms with Crippen LogP contribution in [0.2, 0.25) is 0 Å². The lowest BCUT2D eigenvalue weighted by atomic mass is 9.75. The molecule has 1 aliphatic rings. The minimum Gasteiger partial charge on any atom is -0.389 e. The van der Waals surface area contributed by atoms with Crippen molar-refractivity contribution in [3.8, 4) is 0 Å². The van der Waals surface area contributed by atoms with Crippen LogP contribution in [0.3, 0.4) is 0 Å². The van der Waals surface area contributed by atoms with E-state index in [1.54, 1.807) is 12.1 Å². The zero-order valence-corrected chi connectivity index (χ0v) is 14.0. The van der Waals surface area contributed by atoms with Crippen molar-refractivity contribution in [2.24, 2.45) is 11.1 Å². The molecule has 2 N–H and O–H groups in total. The van der Waals surface area contributed by atoms with Crippen LogP contribution in [0.15, 0.2) is 18.2 Å². The van der Waals surface area contributed by atoms with E-state index in [0.29, 0.717) is 29.1 Å². The van der Waals surface area contributed by atoms with Gasteiger partial charge in [0.15, 0.2) is 0 Å². The molecular formula is C17H25FN2S. The number of hydrogen-bond acceptors (Lipinski definition) is 2. The second kappa shape index (κ2) is 6.41. The summed E-state index contributed by atoms with van der Waals surface area (Å²) < 4.78 is 14.1. The van der Waals surface area contributed by atoms with Gasteiger partial charge in [-0.2, -0.15) is 0 Å². The second-order valence-corrected chi connectivity index (χ2v) is 7.42. The van der Waals surface area contributed by atoms with Crippen LogP contribution in [0, 0.1) is 11.2 Å². The average molecular weight is 308 g/mol. The molecular weight excluding hydrogens is 283 g/mol. The molecule has 0 radical (unpaired) electrons. The summed E-state index contributed by atoms with van der Waals surface area (Å²) in [5, 5.41) is 0. The fourth-order valence-electron chi connectivity index (χ4n) is 3.05. The maximum absolute atomic E-state index is 14.1. The predicted molar refractivity (Wildman–Crippen MR) is 89.8 cm³/mol. The monoisotopic (exact) mass is 308 g/mol. The third-order valence-electron chi connectivity index (χ3n) is 4.69. The number of nitrogens with zero attached hydrogens (tertiary/aromatic N) is 1. The molecule has 1 fully saturated rings. The van der Waals surface area contributed by atoms with Gasteiger partial charge >= 0.3 is 0 Å². The summed E-state index contributed by atoms with van der Waals surface area (Å²) in [5.41, 5.74) is 7.29. The van der Waals surface area contributed by atoms with Gasteiger partial charge in [-0.25, -0.2) is 4.39 Å². The van der Waals surface area contributed by atoms with Gasteiger partial charge in [-0.3, -0.25) is 4.90 Å². The number of hydrogen-bond donors (Lipinski definition) is 1. The van der Waals surface area contributed by atoms with E-state index in [-0.39, 0.29) is 10.8 Å². The second-order valence-electron chi connectivity index (χ2n) is 6.98. The van der Waals surface area contributed by atoms with Gasteiger partial charge in [-0.1, -0.05) is 38.2 Å². The standard InChI is InChI=1S/C17H25FN2S/c1-17(2)8-6-14(7-9-17)20(3)11-13-5-4-12(16(19)21)10-15(13)18/h4-5,10,14H,6-9,11H2,1-3H3,(H2,19,21). The molecule has 1 saturated carbocycles. The first-order valence-electron chi connectivity index (χ1n) is 7.57. The number of halogens is 1. The van der Waals surface area contributed by atoms with Crippen LogP contribution >= 0.6 is 12.2 Å². The molecule has 1 aromatic rings. The Labute approximate surface area is 132 Å². The van der Waals surface area contributed by atoms with Crippen molar-refractivity contribution in [1.29, 1.82) is 0 Å². The molecule has 116 valence electrons. The topological polar surface area (TPSA) is 29.3 Å². The summed E-state index contributed by atoms with van der Waals surface area (Å²) in [7, 11) is 2.09. The smallest absolute Gasteiger partial charge is 0.128 e. The highest BCUT2D eigenvalue weighted by molar-refractivity contribution is 7.80. The van der Waals surface area contributed by atoms with Gasteiger partial charge in [0, 0.05) is 23.7 Å². The van der Waals surface area contributed by atoms with Crippen LogP contribution in [0.25, 0.3) is 0 Å². The molecule has 1 aliphatic carbocycles. The Bertz CT molecular complexity index is 518. The molecule has 2 rings (SSSR count). The summed E-state index contributed by atoms with van der Waals surface area (Å²) in [5.74, 6) is -0.219. The van der Waals surface area contributed by atoms with E-state index >= 15 is 0 Å². The lowest BCUT2D eigenvalue weighted by molar-refractivity contribution is 0.122. The summed E-state index contributed by atoms with van der Waals surface area (Å²) in [6.07, 6.45) is 4.86. The molecule has 0 heterocycles. The maximum Gasteiger partial charge on any atom is 0.128 e. The molecule has 0 atom stereocenters. The van der Waals surface area contributed by atoms with E-state index in [4.69, 9.17) is 18.0 Å². The van der Waals surface area contributed by atoms with Gasteiger partial charge in [0.2, 0.25) is 0 Å². The summed E-state index contributed by atoms with van der Waals surface area (Å²) in [6.45, 7) is 5.29. The van der Waals surface area contributed by atoms with Crippen molar-refractivity contribution in [3.05, 3.63) is 35.1 Å². The minimum absolute atomic E-state index is 0.219. The minimum atomic E-state index is -0.219. The third kappa shape index (κ3) is 4.24. The molecule has 0 bridgehead atoms. The van der Waals surface area contributed by atoms with E-state index < -0.39 is 0 Å². The molecule has 0 aromatic heterocycles. The van der Waals surface area contributed by atoms with Gasteiger partial charge in [-0.15, -0.1) is 0 Å².